The number of Topliss-reactive ketones (excluding diaryl/α,β-unsaturated/α-hetero) is 2. The summed E-state index contributed by atoms with van der Waals surface area (Å²) in [5, 5.41) is 8.04. The Morgan fingerprint density at radius 1 is 0.976 bits per heavy atom. The van der Waals surface area contributed by atoms with Gasteiger partial charge in [-0.25, -0.2) is 4.39 Å². The van der Waals surface area contributed by atoms with E-state index in [1.807, 2.05) is 24.3 Å². The smallest absolute Gasteiger partial charge is 0.289 e. The second-order valence-corrected chi connectivity index (χ2v) is 10.4. The average molecular weight is 573 g/mol. The molecule has 0 radical (unpaired) electrons. The fourth-order valence-electron chi connectivity index (χ4n) is 4.95. The van der Waals surface area contributed by atoms with Crippen molar-refractivity contribution in [2.75, 3.05) is 6.54 Å². The molecule has 2 aromatic carbocycles. The molecule has 1 aliphatic heterocycles. The van der Waals surface area contributed by atoms with Gasteiger partial charge in [0.2, 0.25) is 17.6 Å². The number of hydrogen-bond donors (Lipinski definition) is 3. The van der Waals surface area contributed by atoms with E-state index in [9.17, 15) is 28.4 Å². The summed E-state index contributed by atoms with van der Waals surface area (Å²) < 4.78 is 13.7. The van der Waals surface area contributed by atoms with Crippen LogP contribution >= 0.6 is 0 Å². The normalized spacial score (nSPS) is 16.0. The van der Waals surface area contributed by atoms with Crippen LogP contribution in [0.25, 0.3) is 0 Å². The summed E-state index contributed by atoms with van der Waals surface area (Å²) in [5.41, 5.74) is 1.59. The summed E-state index contributed by atoms with van der Waals surface area (Å²) in [4.78, 5) is 69.2. The van der Waals surface area contributed by atoms with Crippen LogP contribution < -0.4 is 16.0 Å². The molecule has 1 saturated heterocycles. The Kier molecular flexibility index (Phi) is 10.6. The van der Waals surface area contributed by atoms with Gasteiger partial charge in [-0.15, -0.1) is 0 Å². The van der Waals surface area contributed by atoms with Crippen molar-refractivity contribution in [2.24, 2.45) is 11.8 Å². The fraction of sp³-hybridized carbons (Fsp3) is 0.312. The number of nitrogens with zero attached hydrogens (tertiary/aromatic N) is 1. The van der Waals surface area contributed by atoms with Crippen LogP contribution in [-0.2, 0) is 32.1 Å². The Balaban J connectivity index is 1.53. The molecule has 1 aromatic heterocycles. The SMILES string of the molecule is O=C(NCc1ccccc1)C(=O)[C@H](C[C@@H]1CCCNC1=O)NC(=O)[C@@H](CC(=O)c1cncc(F)c1)Cc1ccccc1. The maximum atomic E-state index is 13.7. The van der Waals surface area contributed by atoms with E-state index in [-0.39, 0.29) is 37.3 Å². The van der Waals surface area contributed by atoms with Gasteiger partial charge in [-0.2, -0.15) is 0 Å². The molecule has 4 rings (SSSR count). The third-order valence-electron chi connectivity index (χ3n) is 7.23. The van der Waals surface area contributed by atoms with Gasteiger partial charge in [0.15, 0.2) is 5.78 Å². The van der Waals surface area contributed by atoms with E-state index in [4.69, 9.17) is 0 Å². The van der Waals surface area contributed by atoms with E-state index in [1.165, 1.54) is 6.20 Å². The van der Waals surface area contributed by atoms with E-state index < -0.39 is 47.1 Å². The molecule has 1 fully saturated rings. The molecule has 10 heteroatoms. The van der Waals surface area contributed by atoms with Gasteiger partial charge in [-0.3, -0.25) is 29.0 Å². The third kappa shape index (κ3) is 8.63. The second-order valence-electron chi connectivity index (χ2n) is 10.4. The molecule has 3 N–H and O–H groups in total. The monoisotopic (exact) mass is 572 g/mol. The number of piperidine rings is 1. The zero-order valence-electron chi connectivity index (χ0n) is 23.1. The van der Waals surface area contributed by atoms with Crippen molar-refractivity contribution in [3.05, 3.63) is 102 Å². The summed E-state index contributed by atoms with van der Waals surface area (Å²) in [5.74, 6) is -5.31. The predicted octanol–water partition coefficient (Wildman–Crippen LogP) is 2.94. The standard InChI is InChI=1S/C32H33FN4O5/c33-26-15-25(19-34-20-26)28(38)17-24(14-21-8-3-1-4-9-21)31(41)37-27(16-23-12-7-13-35-30(23)40)29(39)32(42)36-18-22-10-5-2-6-11-22/h1-6,8-11,15,19-20,23-24,27H,7,12-14,16-18H2,(H,35,40)(H,36,42)(H,37,41)/t23-,24+,27-/m0/s1. The Hall–Kier alpha value is -4.73. The first kappa shape index (κ1) is 30.2. The molecule has 42 heavy (non-hydrogen) atoms. The molecule has 218 valence electrons. The van der Waals surface area contributed by atoms with E-state index in [1.54, 1.807) is 36.4 Å². The van der Waals surface area contributed by atoms with Crippen LogP contribution in [0.2, 0.25) is 0 Å². The van der Waals surface area contributed by atoms with Gasteiger partial charge in [-0.1, -0.05) is 60.7 Å². The van der Waals surface area contributed by atoms with E-state index in [2.05, 4.69) is 20.9 Å². The van der Waals surface area contributed by atoms with Crippen molar-refractivity contribution >= 4 is 29.3 Å². The van der Waals surface area contributed by atoms with Crippen molar-refractivity contribution in [2.45, 2.75) is 44.7 Å². The van der Waals surface area contributed by atoms with Crippen molar-refractivity contribution in [1.82, 2.24) is 20.9 Å². The molecule has 0 aliphatic carbocycles. The molecule has 0 bridgehead atoms. The number of carbonyl (C=O) groups is 5. The van der Waals surface area contributed by atoms with Crippen LogP contribution in [0.3, 0.4) is 0 Å². The van der Waals surface area contributed by atoms with E-state index in [0.717, 1.165) is 23.4 Å². The van der Waals surface area contributed by atoms with Gasteiger partial charge in [-0.05, 0) is 42.9 Å². The summed E-state index contributed by atoms with van der Waals surface area (Å²) in [7, 11) is 0. The summed E-state index contributed by atoms with van der Waals surface area (Å²) >= 11 is 0. The predicted molar refractivity (Wildman–Crippen MR) is 152 cm³/mol. The lowest BCUT2D eigenvalue weighted by Crippen LogP contribution is -2.51. The lowest BCUT2D eigenvalue weighted by atomic mass is 9.88. The van der Waals surface area contributed by atoms with Crippen molar-refractivity contribution < 1.29 is 28.4 Å². The maximum absolute atomic E-state index is 13.7. The van der Waals surface area contributed by atoms with Crippen LogP contribution in [-0.4, -0.2) is 46.9 Å². The molecule has 1 aliphatic rings. The minimum atomic E-state index is -1.29. The Morgan fingerprint density at radius 3 is 2.33 bits per heavy atom. The molecule has 3 amide bonds. The number of ketones is 2. The first-order valence-corrected chi connectivity index (χ1v) is 13.9. The number of hydrogen-bond acceptors (Lipinski definition) is 6. The van der Waals surface area contributed by atoms with Crippen LogP contribution in [0, 0.1) is 17.7 Å². The van der Waals surface area contributed by atoms with Gasteiger partial charge in [0.1, 0.15) is 5.82 Å². The highest BCUT2D eigenvalue weighted by Gasteiger charge is 2.35. The number of aromatic nitrogens is 1. The molecule has 9 nitrogen and oxygen atoms in total. The summed E-state index contributed by atoms with van der Waals surface area (Å²) in [6, 6.07) is 17.8. The highest BCUT2D eigenvalue weighted by Crippen LogP contribution is 2.21. The first-order chi connectivity index (χ1) is 20.3. The number of pyridine rings is 1. The number of nitrogens with one attached hydrogen (secondary N) is 3. The van der Waals surface area contributed by atoms with Gasteiger partial charge >= 0.3 is 0 Å². The quantitative estimate of drug-likeness (QED) is 0.213. The number of benzene rings is 2. The van der Waals surface area contributed by atoms with Gasteiger partial charge in [0, 0.05) is 43.1 Å². The average Bonchev–Trinajstić information content (AvgIpc) is 3.00. The maximum Gasteiger partial charge on any atom is 0.289 e. The zero-order chi connectivity index (χ0) is 29.9. The molecule has 0 spiro atoms. The van der Waals surface area contributed by atoms with Crippen LogP contribution in [0.15, 0.2) is 79.1 Å². The Bertz CT molecular complexity index is 1420. The topological polar surface area (TPSA) is 134 Å². The lowest BCUT2D eigenvalue weighted by Gasteiger charge is -2.27. The zero-order valence-corrected chi connectivity index (χ0v) is 23.1. The summed E-state index contributed by atoms with van der Waals surface area (Å²) in [6.07, 6.45) is 3.24. The number of amides is 3. The number of halogens is 1. The van der Waals surface area contributed by atoms with Crippen molar-refractivity contribution in [3.8, 4) is 0 Å². The fourth-order valence-corrected chi connectivity index (χ4v) is 4.95. The van der Waals surface area contributed by atoms with Gasteiger partial charge < -0.3 is 16.0 Å². The largest absolute Gasteiger partial charge is 0.356 e. The molecule has 2 heterocycles. The highest BCUT2D eigenvalue weighted by molar-refractivity contribution is 6.38. The molecular formula is C32H33FN4O5. The Morgan fingerprint density at radius 2 is 1.67 bits per heavy atom. The first-order valence-electron chi connectivity index (χ1n) is 13.9. The minimum Gasteiger partial charge on any atom is -0.356 e. The van der Waals surface area contributed by atoms with Crippen molar-refractivity contribution in [3.63, 3.8) is 0 Å². The second kappa shape index (κ2) is 14.8. The van der Waals surface area contributed by atoms with Gasteiger partial charge in [0.05, 0.1) is 12.2 Å². The highest BCUT2D eigenvalue weighted by atomic mass is 19.1. The van der Waals surface area contributed by atoms with E-state index in [0.29, 0.717) is 19.4 Å². The van der Waals surface area contributed by atoms with Crippen LogP contribution in [0.1, 0.15) is 47.2 Å². The minimum absolute atomic E-state index is 0.0210. The summed E-state index contributed by atoms with van der Waals surface area (Å²) in [6.45, 7) is 0.636. The lowest BCUT2D eigenvalue weighted by molar-refractivity contribution is -0.141. The van der Waals surface area contributed by atoms with E-state index >= 15 is 0 Å². The molecule has 3 atom stereocenters. The molecule has 0 unspecified atom stereocenters. The van der Waals surface area contributed by atoms with Crippen LogP contribution in [0.4, 0.5) is 4.39 Å². The number of rotatable bonds is 13. The van der Waals surface area contributed by atoms with Crippen molar-refractivity contribution in [1.29, 1.82) is 0 Å². The van der Waals surface area contributed by atoms with Crippen LogP contribution in [0.5, 0.6) is 0 Å². The number of carbonyl (C=O) groups excluding carboxylic acids is 5. The van der Waals surface area contributed by atoms with Gasteiger partial charge in [0.25, 0.3) is 5.91 Å². The molecular weight excluding hydrogens is 539 g/mol. The third-order valence-corrected chi connectivity index (χ3v) is 7.23. The molecule has 0 saturated carbocycles. The Labute approximate surface area is 243 Å². The molecule has 3 aromatic rings.